The molecule has 0 aliphatic heterocycles. The summed E-state index contributed by atoms with van der Waals surface area (Å²) in [5, 5.41) is 31.2. The molecule has 1 aromatic carbocycles. The number of rotatable bonds is 6. The Morgan fingerprint density at radius 2 is 2.03 bits per heavy atom. The van der Waals surface area contributed by atoms with Gasteiger partial charge in [-0.05, 0) is 31.4 Å². The zero-order valence-electron chi connectivity index (χ0n) is 15.8. The summed E-state index contributed by atoms with van der Waals surface area (Å²) in [5.41, 5.74) is -1.23. The van der Waals surface area contributed by atoms with Gasteiger partial charge in [-0.25, -0.2) is 0 Å². The van der Waals surface area contributed by atoms with E-state index in [1.807, 2.05) is 6.07 Å². The summed E-state index contributed by atoms with van der Waals surface area (Å²) < 4.78 is 6.44. The number of ketones is 1. The monoisotopic (exact) mass is 397 g/mol. The molecule has 2 aromatic rings. The van der Waals surface area contributed by atoms with Crippen molar-refractivity contribution in [3.05, 3.63) is 61.4 Å². The maximum Gasteiger partial charge on any atom is 0.310 e. The Kier molecular flexibility index (Phi) is 5.64. The minimum atomic E-state index is -0.679. The first-order chi connectivity index (χ1) is 13.9. The number of hydrogen-bond donors (Lipinski definition) is 1. The van der Waals surface area contributed by atoms with Crippen LogP contribution in [0.1, 0.15) is 53.2 Å². The van der Waals surface area contributed by atoms with Gasteiger partial charge in [-0.15, -0.1) is 0 Å². The van der Waals surface area contributed by atoms with Crippen LogP contribution >= 0.6 is 0 Å². The second-order valence-electron chi connectivity index (χ2n) is 6.86. The molecule has 0 atom stereocenters. The zero-order valence-corrected chi connectivity index (χ0v) is 15.8. The third-order valence-corrected chi connectivity index (χ3v) is 5.14. The highest BCUT2D eigenvalue weighted by atomic mass is 16.6. The lowest BCUT2D eigenvalue weighted by atomic mass is 10.0. The highest BCUT2D eigenvalue weighted by Crippen LogP contribution is 2.34. The minimum absolute atomic E-state index is 0.0698. The van der Waals surface area contributed by atoms with E-state index in [0.29, 0.717) is 12.8 Å². The third kappa shape index (κ3) is 3.69. The van der Waals surface area contributed by atoms with Gasteiger partial charge in [0, 0.05) is 12.1 Å². The molecule has 1 aliphatic rings. The SMILES string of the molecule is Cc1c(C(=O)COc2ccccc2[N+](=O)[O-])c(O)n(C2CCCC2)c(=O)c1C#N. The van der Waals surface area contributed by atoms with Crippen molar-refractivity contribution in [2.75, 3.05) is 6.61 Å². The summed E-state index contributed by atoms with van der Waals surface area (Å²) in [6.07, 6.45) is 3.11. The van der Waals surface area contributed by atoms with E-state index in [-0.39, 0.29) is 34.2 Å². The average Bonchev–Trinajstić information content (AvgIpc) is 3.21. The predicted octanol–water partition coefficient (Wildman–Crippen LogP) is 3.02. The standard InChI is InChI=1S/C20H19N3O6/c1-12-14(10-21)19(25)22(13-6-2-3-7-13)20(26)18(12)16(24)11-29-17-9-5-4-8-15(17)23(27)28/h4-5,8-9,13,26H,2-3,6-7,11H2,1H3. The van der Waals surface area contributed by atoms with E-state index in [9.17, 15) is 30.1 Å². The molecule has 0 unspecified atom stereocenters. The van der Waals surface area contributed by atoms with Crippen molar-refractivity contribution < 1.29 is 19.6 Å². The molecule has 1 heterocycles. The number of nitro groups is 1. The highest BCUT2D eigenvalue weighted by Gasteiger charge is 2.29. The molecule has 0 radical (unpaired) electrons. The van der Waals surface area contributed by atoms with Crippen molar-refractivity contribution in [3.8, 4) is 17.7 Å². The molecule has 1 N–H and O–H groups in total. The van der Waals surface area contributed by atoms with Gasteiger partial charge in [0.15, 0.2) is 12.4 Å². The van der Waals surface area contributed by atoms with Crippen LogP contribution in [-0.4, -0.2) is 27.0 Å². The number of benzene rings is 1. The molecular weight excluding hydrogens is 378 g/mol. The molecule has 29 heavy (non-hydrogen) atoms. The van der Waals surface area contributed by atoms with E-state index >= 15 is 0 Å². The fourth-order valence-electron chi connectivity index (χ4n) is 3.70. The van der Waals surface area contributed by atoms with E-state index in [0.717, 1.165) is 17.4 Å². The number of nitro benzene ring substituents is 1. The van der Waals surface area contributed by atoms with Gasteiger partial charge < -0.3 is 9.84 Å². The lowest BCUT2D eigenvalue weighted by Crippen LogP contribution is -2.29. The van der Waals surface area contributed by atoms with Crippen molar-refractivity contribution in [2.24, 2.45) is 0 Å². The number of para-hydroxylation sites is 2. The number of hydrogen-bond acceptors (Lipinski definition) is 7. The lowest BCUT2D eigenvalue weighted by Gasteiger charge is -2.20. The van der Waals surface area contributed by atoms with Gasteiger partial charge in [0.1, 0.15) is 11.6 Å². The molecule has 1 aliphatic carbocycles. The smallest absolute Gasteiger partial charge is 0.310 e. The van der Waals surface area contributed by atoms with Gasteiger partial charge in [0.05, 0.1) is 10.5 Å². The molecular formula is C20H19N3O6. The Balaban J connectivity index is 1.99. The summed E-state index contributed by atoms with van der Waals surface area (Å²) in [7, 11) is 0. The topological polar surface area (TPSA) is 135 Å². The van der Waals surface area contributed by atoms with Crippen molar-refractivity contribution >= 4 is 11.5 Å². The molecule has 3 rings (SSSR count). The number of carbonyl (C=O) groups is 1. The summed E-state index contributed by atoms with van der Waals surface area (Å²) in [4.78, 5) is 35.9. The Hall–Kier alpha value is -3.67. The van der Waals surface area contributed by atoms with Crippen LogP contribution in [0.3, 0.4) is 0 Å². The summed E-state index contributed by atoms with van der Waals surface area (Å²) in [6, 6.07) is 7.15. The van der Waals surface area contributed by atoms with E-state index < -0.39 is 28.8 Å². The van der Waals surface area contributed by atoms with Gasteiger partial charge in [0.25, 0.3) is 5.56 Å². The largest absolute Gasteiger partial charge is 0.494 e. The molecule has 0 spiro atoms. The van der Waals surface area contributed by atoms with E-state index in [4.69, 9.17) is 4.74 Å². The minimum Gasteiger partial charge on any atom is -0.494 e. The molecule has 0 bridgehead atoms. The van der Waals surface area contributed by atoms with Gasteiger partial charge in [-0.3, -0.25) is 24.3 Å². The van der Waals surface area contributed by atoms with Crippen LogP contribution in [0.15, 0.2) is 29.1 Å². The molecule has 9 nitrogen and oxygen atoms in total. The number of carbonyl (C=O) groups excluding carboxylic acids is 1. The Morgan fingerprint density at radius 3 is 2.66 bits per heavy atom. The number of ether oxygens (including phenoxy) is 1. The predicted molar refractivity (Wildman–Crippen MR) is 102 cm³/mol. The van der Waals surface area contributed by atoms with Crippen LogP contribution < -0.4 is 10.3 Å². The number of Topliss-reactive ketones (excluding diaryl/α,β-unsaturated/α-hetero) is 1. The van der Waals surface area contributed by atoms with Gasteiger partial charge in [0.2, 0.25) is 11.7 Å². The van der Waals surface area contributed by atoms with Crippen LogP contribution in [-0.2, 0) is 0 Å². The first-order valence-corrected chi connectivity index (χ1v) is 9.14. The highest BCUT2D eigenvalue weighted by molar-refractivity contribution is 6.01. The molecule has 0 saturated heterocycles. The van der Waals surface area contributed by atoms with E-state index in [2.05, 4.69) is 0 Å². The summed E-state index contributed by atoms with van der Waals surface area (Å²) in [6.45, 7) is 0.823. The fourth-order valence-corrected chi connectivity index (χ4v) is 3.70. The van der Waals surface area contributed by atoms with Crippen LogP contribution in [0, 0.1) is 28.4 Å². The molecule has 9 heteroatoms. The van der Waals surface area contributed by atoms with E-state index in [1.54, 1.807) is 0 Å². The third-order valence-electron chi connectivity index (χ3n) is 5.14. The molecule has 1 fully saturated rings. The number of nitriles is 1. The van der Waals surface area contributed by atoms with Crippen LogP contribution in [0.4, 0.5) is 5.69 Å². The Labute approximate surface area is 165 Å². The average molecular weight is 397 g/mol. The molecule has 150 valence electrons. The van der Waals surface area contributed by atoms with Crippen LogP contribution in [0.5, 0.6) is 11.6 Å². The maximum absolute atomic E-state index is 12.8. The van der Waals surface area contributed by atoms with Gasteiger partial charge in [-0.1, -0.05) is 25.0 Å². The van der Waals surface area contributed by atoms with Gasteiger partial charge in [-0.2, -0.15) is 5.26 Å². The van der Waals surface area contributed by atoms with Crippen molar-refractivity contribution in [3.63, 3.8) is 0 Å². The molecule has 1 saturated carbocycles. The van der Waals surface area contributed by atoms with Crippen LogP contribution in [0.25, 0.3) is 0 Å². The second-order valence-corrected chi connectivity index (χ2v) is 6.86. The molecule has 1 aromatic heterocycles. The van der Waals surface area contributed by atoms with Crippen molar-refractivity contribution in [1.29, 1.82) is 5.26 Å². The first kappa shape index (κ1) is 20.1. The van der Waals surface area contributed by atoms with Crippen molar-refractivity contribution in [1.82, 2.24) is 4.57 Å². The quantitative estimate of drug-likeness (QED) is 0.449. The normalized spacial score (nSPS) is 13.8. The molecule has 0 amide bonds. The zero-order chi connectivity index (χ0) is 21.1. The summed E-state index contributed by atoms with van der Waals surface area (Å²) in [5.74, 6) is -1.26. The van der Waals surface area contributed by atoms with Gasteiger partial charge >= 0.3 is 5.69 Å². The van der Waals surface area contributed by atoms with E-state index in [1.165, 1.54) is 31.2 Å². The van der Waals surface area contributed by atoms with Crippen LogP contribution in [0.2, 0.25) is 0 Å². The first-order valence-electron chi connectivity index (χ1n) is 9.14. The fraction of sp³-hybridized carbons (Fsp3) is 0.350. The number of aromatic hydroxyl groups is 1. The number of pyridine rings is 1. The number of aromatic nitrogens is 1. The maximum atomic E-state index is 12.8. The second kappa shape index (κ2) is 8.14. The Morgan fingerprint density at radius 1 is 1.38 bits per heavy atom. The Bertz CT molecular complexity index is 1080. The number of nitrogens with zero attached hydrogens (tertiary/aromatic N) is 3. The lowest BCUT2D eigenvalue weighted by molar-refractivity contribution is -0.385. The van der Waals surface area contributed by atoms with Crippen molar-refractivity contribution in [2.45, 2.75) is 38.6 Å². The summed E-state index contributed by atoms with van der Waals surface area (Å²) >= 11 is 0.